The minimum Gasteiger partial charge on any atom is -0.508 e. The molecule has 0 aliphatic heterocycles. The van der Waals surface area contributed by atoms with Gasteiger partial charge in [0.15, 0.2) is 0 Å². The van der Waals surface area contributed by atoms with E-state index in [1.165, 1.54) is 6.07 Å². The first-order valence-corrected chi connectivity index (χ1v) is 6.72. The minimum atomic E-state index is -0.0540. The largest absolute Gasteiger partial charge is 0.508 e. The van der Waals surface area contributed by atoms with E-state index < -0.39 is 0 Å². The smallest absolute Gasteiger partial charge is 0.254 e. The second kappa shape index (κ2) is 7.79. The van der Waals surface area contributed by atoms with E-state index in [0.717, 1.165) is 12.8 Å². The number of rotatable bonds is 7. The quantitative estimate of drug-likeness (QED) is 0.824. The number of ether oxygens (including phenoxy) is 1. The van der Waals surface area contributed by atoms with Crippen LogP contribution in [0, 0.1) is 0 Å². The minimum absolute atomic E-state index is 0.0540. The Morgan fingerprint density at radius 2 is 2.05 bits per heavy atom. The molecular weight excluding hydrogens is 242 g/mol. The highest BCUT2D eigenvalue weighted by Crippen LogP contribution is 2.17. The lowest BCUT2D eigenvalue weighted by atomic mass is 10.1. The lowest BCUT2D eigenvalue weighted by Gasteiger charge is -2.30. The molecule has 1 rings (SSSR count). The van der Waals surface area contributed by atoms with Crippen LogP contribution in [0.3, 0.4) is 0 Å². The van der Waals surface area contributed by atoms with Crippen LogP contribution in [0.2, 0.25) is 0 Å². The van der Waals surface area contributed by atoms with Crippen molar-refractivity contribution in [1.82, 2.24) is 4.90 Å². The van der Waals surface area contributed by atoms with E-state index in [0.29, 0.717) is 18.7 Å². The third kappa shape index (κ3) is 4.24. The molecule has 0 spiro atoms. The van der Waals surface area contributed by atoms with Crippen LogP contribution in [0.4, 0.5) is 0 Å². The lowest BCUT2D eigenvalue weighted by Crippen LogP contribution is -2.41. The van der Waals surface area contributed by atoms with Gasteiger partial charge in [0.05, 0.1) is 6.61 Å². The van der Waals surface area contributed by atoms with Gasteiger partial charge in [0.2, 0.25) is 0 Å². The Kier molecular flexibility index (Phi) is 6.36. The van der Waals surface area contributed by atoms with E-state index in [9.17, 15) is 9.90 Å². The van der Waals surface area contributed by atoms with Crippen LogP contribution in [-0.2, 0) is 4.74 Å². The first kappa shape index (κ1) is 15.5. The van der Waals surface area contributed by atoms with Crippen LogP contribution in [0.1, 0.15) is 37.0 Å². The summed E-state index contributed by atoms with van der Waals surface area (Å²) in [4.78, 5) is 14.4. The molecule has 0 radical (unpaired) electrons. The molecule has 0 unspecified atom stereocenters. The van der Waals surface area contributed by atoms with Crippen LogP contribution < -0.4 is 0 Å². The number of carbonyl (C=O) groups is 1. The fourth-order valence-corrected chi connectivity index (χ4v) is 2.17. The number of phenols is 1. The van der Waals surface area contributed by atoms with Crippen molar-refractivity contribution in [1.29, 1.82) is 0 Å². The Labute approximate surface area is 115 Å². The van der Waals surface area contributed by atoms with Crippen molar-refractivity contribution in [3.05, 3.63) is 29.8 Å². The second-order valence-electron chi connectivity index (χ2n) is 4.51. The summed E-state index contributed by atoms with van der Waals surface area (Å²) >= 11 is 0. The molecular formula is C15H23NO3. The predicted octanol–water partition coefficient (Wildman–Crippen LogP) is 2.67. The maximum absolute atomic E-state index is 12.5. The molecule has 0 aliphatic rings. The fourth-order valence-electron chi connectivity index (χ4n) is 2.17. The second-order valence-corrected chi connectivity index (χ2v) is 4.51. The SMILES string of the molecule is CCC(CC)N(CCOC)C(=O)c1cccc(O)c1. The van der Waals surface area contributed by atoms with Gasteiger partial charge in [-0.1, -0.05) is 19.9 Å². The van der Waals surface area contributed by atoms with Crippen molar-refractivity contribution in [3.8, 4) is 5.75 Å². The molecule has 1 aromatic carbocycles. The first-order valence-electron chi connectivity index (χ1n) is 6.72. The molecule has 0 heterocycles. The van der Waals surface area contributed by atoms with Crippen LogP contribution in [0.25, 0.3) is 0 Å². The highest BCUT2D eigenvalue weighted by atomic mass is 16.5. The molecule has 1 amide bonds. The zero-order valence-electron chi connectivity index (χ0n) is 11.9. The van der Waals surface area contributed by atoms with Crippen molar-refractivity contribution in [2.24, 2.45) is 0 Å². The highest BCUT2D eigenvalue weighted by Gasteiger charge is 2.22. The van der Waals surface area contributed by atoms with Crippen molar-refractivity contribution in [2.45, 2.75) is 32.7 Å². The summed E-state index contributed by atoms with van der Waals surface area (Å²) in [6, 6.07) is 6.68. The molecule has 0 bridgehead atoms. The molecule has 0 aliphatic carbocycles. The topological polar surface area (TPSA) is 49.8 Å². The molecule has 1 N–H and O–H groups in total. The summed E-state index contributed by atoms with van der Waals surface area (Å²) in [5.41, 5.74) is 0.517. The maximum Gasteiger partial charge on any atom is 0.254 e. The number of hydrogen-bond donors (Lipinski definition) is 1. The third-order valence-corrected chi connectivity index (χ3v) is 3.27. The van der Waals surface area contributed by atoms with Crippen LogP contribution in [0.15, 0.2) is 24.3 Å². The van der Waals surface area contributed by atoms with Gasteiger partial charge in [-0.05, 0) is 31.0 Å². The zero-order chi connectivity index (χ0) is 14.3. The van der Waals surface area contributed by atoms with Gasteiger partial charge in [-0.2, -0.15) is 0 Å². The van der Waals surface area contributed by atoms with Crippen molar-refractivity contribution in [2.75, 3.05) is 20.3 Å². The zero-order valence-corrected chi connectivity index (χ0v) is 11.9. The Balaban J connectivity index is 2.92. The Morgan fingerprint density at radius 3 is 2.58 bits per heavy atom. The summed E-state index contributed by atoms with van der Waals surface area (Å²) in [6.07, 6.45) is 1.82. The van der Waals surface area contributed by atoms with E-state index in [2.05, 4.69) is 13.8 Å². The van der Waals surface area contributed by atoms with Crippen LogP contribution >= 0.6 is 0 Å². The molecule has 4 nitrogen and oxygen atoms in total. The van der Waals surface area contributed by atoms with Crippen molar-refractivity contribution >= 4 is 5.91 Å². The first-order chi connectivity index (χ1) is 9.13. The molecule has 0 atom stereocenters. The van der Waals surface area contributed by atoms with E-state index in [1.807, 2.05) is 4.90 Å². The highest BCUT2D eigenvalue weighted by molar-refractivity contribution is 5.94. The van der Waals surface area contributed by atoms with Gasteiger partial charge in [-0.3, -0.25) is 4.79 Å². The number of nitrogens with zero attached hydrogens (tertiary/aromatic N) is 1. The van der Waals surface area contributed by atoms with Gasteiger partial charge in [0, 0.05) is 25.3 Å². The molecule has 19 heavy (non-hydrogen) atoms. The van der Waals surface area contributed by atoms with Gasteiger partial charge in [0.25, 0.3) is 5.91 Å². The third-order valence-electron chi connectivity index (χ3n) is 3.27. The number of amides is 1. The molecule has 0 aromatic heterocycles. The molecule has 0 saturated carbocycles. The van der Waals surface area contributed by atoms with Gasteiger partial charge < -0.3 is 14.7 Å². The van der Waals surface area contributed by atoms with Gasteiger partial charge in [-0.25, -0.2) is 0 Å². The molecule has 106 valence electrons. The molecule has 1 aromatic rings. The van der Waals surface area contributed by atoms with Crippen molar-refractivity contribution < 1.29 is 14.6 Å². The van der Waals surface area contributed by atoms with Crippen LogP contribution in [-0.4, -0.2) is 42.2 Å². The monoisotopic (exact) mass is 265 g/mol. The van der Waals surface area contributed by atoms with Crippen molar-refractivity contribution in [3.63, 3.8) is 0 Å². The maximum atomic E-state index is 12.5. The molecule has 4 heteroatoms. The number of aromatic hydroxyl groups is 1. The van der Waals surface area contributed by atoms with E-state index in [1.54, 1.807) is 25.3 Å². The number of carbonyl (C=O) groups excluding carboxylic acids is 1. The average Bonchev–Trinajstić information content (AvgIpc) is 2.43. The number of methoxy groups -OCH3 is 1. The average molecular weight is 265 g/mol. The summed E-state index contributed by atoms with van der Waals surface area (Å²) in [6.45, 7) is 5.23. The van der Waals surface area contributed by atoms with E-state index in [4.69, 9.17) is 4.74 Å². The van der Waals surface area contributed by atoms with Gasteiger partial charge >= 0.3 is 0 Å². The Bertz CT molecular complexity index is 402. The normalized spacial score (nSPS) is 10.7. The molecule has 0 fully saturated rings. The summed E-state index contributed by atoms with van der Waals surface area (Å²) in [7, 11) is 1.63. The predicted molar refractivity (Wildman–Crippen MR) is 75.4 cm³/mol. The summed E-state index contributed by atoms with van der Waals surface area (Å²) in [5, 5.41) is 9.48. The summed E-state index contributed by atoms with van der Waals surface area (Å²) < 4.78 is 5.08. The Hall–Kier alpha value is -1.55. The Morgan fingerprint density at radius 1 is 1.37 bits per heavy atom. The number of benzene rings is 1. The fraction of sp³-hybridized carbons (Fsp3) is 0.533. The van der Waals surface area contributed by atoms with E-state index >= 15 is 0 Å². The van der Waals surface area contributed by atoms with Crippen LogP contribution in [0.5, 0.6) is 5.75 Å². The van der Waals surface area contributed by atoms with E-state index in [-0.39, 0.29) is 17.7 Å². The molecule has 0 saturated heterocycles. The van der Waals surface area contributed by atoms with Gasteiger partial charge in [-0.15, -0.1) is 0 Å². The standard InChI is InChI=1S/C15H23NO3/c1-4-13(5-2)16(9-10-19-3)15(18)12-7-6-8-14(17)11-12/h6-8,11,13,17H,4-5,9-10H2,1-3H3. The number of phenolic OH excluding ortho intramolecular Hbond substituents is 1. The lowest BCUT2D eigenvalue weighted by molar-refractivity contribution is 0.0589. The van der Waals surface area contributed by atoms with Gasteiger partial charge in [0.1, 0.15) is 5.75 Å². The number of hydrogen-bond acceptors (Lipinski definition) is 3. The summed E-state index contributed by atoms with van der Waals surface area (Å²) in [5.74, 6) is 0.0590.